The lowest BCUT2D eigenvalue weighted by Crippen LogP contribution is -2.38. The van der Waals surface area contributed by atoms with Gasteiger partial charge in [-0.2, -0.15) is 4.31 Å². The van der Waals surface area contributed by atoms with Crippen molar-refractivity contribution in [1.29, 1.82) is 0 Å². The fourth-order valence-electron chi connectivity index (χ4n) is 3.49. The van der Waals surface area contributed by atoms with Gasteiger partial charge in [-0.05, 0) is 68.0 Å². The molecule has 166 valence electrons. The zero-order valence-electron chi connectivity index (χ0n) is 18.0. The smallest absolute Gasteiger partial charge is 0.251 e. The van der Waals surface area contributed by atoms with E-state index in [-0.39, 0.29) is 17.0 Å². The molecule has 0 atom stereocenters. The van der Waals surface area contributed by atoms with Crippen molar-refractivity contribution >= 4 is 27.5 Å². The molecule has 0 bridgehead atoms. The second-order valence-electron chi connectivity index (χ2n) is 7.98. The molecule has 1 aromatic heterocycles. The first kappa shape index (κ1) is 22.9. The van der Waals surface area contributed by atoms with E-state index in [2.05, 4.69) is 22.5 Å². The zero-order valence-corrected chi connectivity index (χ0v) is 18.8. The van der Waals surface area contributed by atoms with E-state index in [4.69, 9.17) is 0 Å². The Balaban J connectivity index is 1.74. The minimum Gasteiger partial charge on any atom is -0.343 e. The van der Waals surface area contributed by atoms with Crippen LogP contribution < -0.4 is 10.6 Å². The summed E-state index contributed by atoms with van der Waals surface area (Å²) in [4.78, 5) is 28.8. The molecular formula is C22H28N4O4S. The third-order valence-electron chi connectivity index (χ3n) is 5.60. The highest BCUT2D eigenvalue weighted by Gasteiger charge is 2.30. The number of amides is 2. The van der Waals surface area contributed by atoms with Crippen LogP contribution in [0.15, 0.2) is 41.6 Å². The molecule has 2 aromatic rings. The number of sulfonamides is 1. The fourth-order valence-corrected chi connectivity index (χ4v) is 5.29. The molecule has 2 amide bonds. The van der Waals surface area contributed by atoms with Crippen LogP contribution in [-0.4, -0.2) is 49.2 Å². The van der Waals surface area contributed by atoms with E-state index >= 15 is 0 Å². The summed E-state index contributed by atoms with van der Waals surface area (Å²) >= 11 is 0. The van der Waals surface area contributed by atoms with Crippen molar-refractivity contribution in [3.63, 3.8) is 0 Å². The molecule has 2 N–H and O–H groups in total. The predicted molar refractivity (Wildman–Crippen MR) is 118 cm³/mol. The number of rotatable bonds is 6. The van der Waals surface area contributed by atoms with Crippen LogP contribution in [0.25, 0.3) is 0 Å². The Bertz CT molecular complexity index is 1060. The second-order valence-corrected chi connectivity index (χ2v) is 9.88. The number of piperidine rings is 1. The Morgan fingerprint density at radius 3 is 2.55 bits per heavy atom. The Morgan fingerprint density at radius 1 is 1.19 bits per heavy atom. The zero-order chi connectivity index (χ0) is 22.6. The van der Waals surface area contributed by atoms with Gasteiger partial charge in [0.2, 0.25) is 15.9 Å². The monoisotopic (exact) mass is 444 g/mol. The van der Waals surface area contributed by atoms with Gasteiger partial charge in [-0.1, -0.05) is 6.92 Å². The van der Waals surface area contributed by atoms with Gasteiger partial charge in [0.15, 0.2) is 0 Å². The molecule has 3 rings (SSSR count). The number of pyridine rings is 1. The topological polar surface area (TPSA) is 108 Å². The Labute approximate surface area is 183 Å². The van der Waals surface area contributed by atoms with Crippen LogP contribution in [0.5, 0.6) is 0 Å². The quantitative estimate of drug-likeness (QED) is 0.712. The summed E-state index contributed by atoms with van der Waals surface area (Å²) < 4.78 is 28.0. The molecule has 9 heteroatoms. The first-order valence-corrected chi connectivity index (χ1v) is 11.7. The minimum atomic E-state index is -3.70. The molecule has 2 heterocycles. The van der Waals surface area contributed by atoms with E-state index in [0.29, 0.717) is 35.8 Å². The highest BCUT2D eigenvalue weighted by Crippen LogP contribution is 2.28. The van der Waals surface area contributed by atoms with Crippen LogP contribution in [0.1, 0.15) is 41.3 Å². The highest BCUT2D eigenvalue weighted by atomic mass is 32.2. The lowest BCUT2D eigenvalue weighted by Gasteiger charge is -2.30. The maximum absolute atomic E-state index is 13.2. The van der Waals surface area contributed by atoms with Gasteiger partial charge in [-0.3, -0.25) is 14.6 Å². The molecule has 0 unspecified atom stereocenters. The number of nitrogens with zero attached hydrogens (tertiary/aromatic N) is 2. The molecule has 1 aliphatic rings. The Kier molecular flexibility index (Phi) is 7.07. The Hall–Kier alpha value is -2.78. The number of aromatic nitrogens is 1. The molecule has 1 saturated heterocycles. The molecule has 0 aliphatic carbocycles. The van der Waals surface area contributed by atoms with Crippen molar-refractivity contribution in [3.8, 4) is 0 Å². The minimum absolute atomic E-state index is 0.145. The molecule has 1 fully saturated rings. The van der Waals surface area contributed by atoms with E-state index in [1.165, 1.54) is 16.6 Å². The first-order valence-electron chi connectivity index (χ1n) is 10.3. The van der Waals surface area contributed by atoms with E-state index in [1.54, 1.807) is 38.2 Å². The van der Waals surface area contributed by atoms with E-state index in [0.717, 1.165) is 12.8 Å². The van der Waals surface area contributed by atoms with Crippen LogP contribution in [0.4, 0.5) is 5.69 Å². The van der Waals surface area contributed by atoms with Gasteiger partial charge in [0.05, 0.1) is 23.3 Å². The number of hydrogen-bond acceptors (Lipinski definition) is 5. The number of carbonyl (C=O) groups is 2. The summed E-state index contributed by atoms with van der Waals surface area (Å²) in [6, 6.07) is 6.42. The molecule has 0 radical (unpaired) electrons. The number of hydrogen-bond donors (Lipinski definition) is 2. The Morgan fingerprint density at radius 2 is 1.90 bits per heavy atom. The van der Waals surface area contributed by atoms with Crippen LogP contribution in [0.3, 0.4) is 0 Å². The summed E-state index contributed by atoms with van der Waals surface area (Å²) in [5, 5.41) is 5.18. The normalized spacial score (nSPS) is 15.5. The maximum atomic E-state index is 13.2. The highest BCUT2D eigenvalue weighted by molar-refractivity contribution is 7.89. The van der Waals surface area contributed by atoms with Crippen molar-refractivity contribution in [3.05, 3.63) is 53.3 Å². The van der Waals surface area contributed by atoms with E-state index < -0.39 is 21.8 Å². The fraction of sp³-hybridized carbons (Fsp3) is 0.409. The van der Waals surface area contributed by atoms with Gasteiger partial charge in [-0.25, -0.2) is 8.42 Å². The van der Waals surface area contributed by atoms with Crippen molar-refractivity contribution in [2.45, 2.75) is 38.5 Å². The predicted octanol–water partition coefficient (Wildman–Crippen LogP) is 2.49. The van der Waals surface area contributed by atoms with Crippen LogP contribution >= 0.6 is 0 Å². The first-order chi connectivity index (χ1) is 14.7. The molecule has 0 spiro atoms. The molecule has 8 nitrogen and oxygen atoms in total. The van der Waals surface area contributed by atoms with Gasteiger partial charge in [0.25, 0.3) is 5.91 Å². The van der Waals surface area contributed by atoms with Crippen molar-refractivity contribution < 1.29 is 18.0 Å². The number of benzene rings is 1. The second kappa shape index (κ2) is 9.57. The largest absolute Gasteiger partial charge is 0.343 e. The molecule has 0 saturated carbocycles. The number of carbonyl (C=O) groups excluding carboxylic acids is 2. The standard InChI is InChI=1S/C22H28N4O4S/c1-15-6-9-26(10-7-15)31(29,30)20-12-18(11-16(2)17(20)3)22(28)24-14-21(27)25-19-5-4-8-23-13-19/h4-5,8,11-13,15H,6-7,9-10,14H2,1-3H3,(H,24,28)(H,25,27). The third-order valence-corrected chi connectivity index (χ3v) is 7.62. The third kappa shape index (κ3) is 5.48. The lowest BCUT2D eigenvalue weighted by atomic mass is 10.0. The van der Waals surface area contributed by atoms with E-state index in [9.17, 15) is 18.0 Å². The number of anilines is 1. The molecule has 1 aromatic carbocycles. The average Bonchev–Trinajstić information content (AvgIpc) is 2.74. The van der Waals surface area contributed by atoms with Crippen LogP contribution in [-0.2, 0) is 14.8 Å². The van der Waals surface area contributed by atoms with Crippen molar-refractivity contribution in [2.24, 2.45) is 5.92 Å². The van der Waals surface area contributed by atoms with Gasteiger partial charge < -0.3 is 10.6 Å². The molecular weight excluding hydrogens is 416 g/mol. The van der Waals surface area contributed by atoms with Gasteiger partial charge >= 0.3 is 0 Å². The number of aryl methyl sites for hydroxylation is 1. The van der Waals surface area contributed by atoms with Crippen LogP contribution in [0.2, 0.25) is 0 Å². The molecule has 31 heavy (non-hydrogen) atoms. The van der Waals surface area contributed by atoms with Gasteiger partial charge in [-0.15, -0.1) is 0 Å². The molecule has 1 aliphatic heterocycles. The summed E-state index contributed by atoms with van der Waals surface area (Å²) in [5.41, 5.74) is 2.07. The average molecular weight is 445 g/mol. The van der Waals surface area contributed by atoms with Gasteiger partial charge in [0.1, 0.15) is 0 Å². The van der Waals surface area contributed by atoms with E-state index in [1.807, 2.05) is 0 Å². The van der Waals surface area contributed by atoms with Crippen molar-refractivity contribution in [2.75, 3.05) is 25.0 Å². The number of nitrogens with one attached hydrogen (secondary N) is 2. The maximum Gasteiger partial charge on any atom is 0.251 e. The summed E-state index contributed by atoms with van der Waals surface area (Å²) in [6.07, 6.45) is 4.74. The summed E-state index contributed by atoms with van der Waals surface area (Å²) in [6.45, 7) is 6.36. The summed E-state index contributed by atoms with van der Waals surface area (Å²) in [5.74, 6) is -0.405. The summed E-state index contributed by atoms with van der Waals surface area (Å²) in [7, 11) is -3.70. The SMILES string of the molecule is Cc1cc(C(=O)NCC(=O)Nc2cccnc2)cc(S(=O)(=O)N2CCC(C)CC2)c1C. The van der Waals surface area contributed by atoms with Crippen LogP contribution in [0, 0.1) is 19.8 Å². The van der Waals surface area contributed by atoms with Gasteiger partial charge in [0, 0.05) is 24.8 Å². The lowest BCUT2D eigenvalue weighted by molar-refractivity contribution is -0.115. The van der Waals surface area contributed by atoms with Crippen molar-refractivity contribution in [1.82, 2.24) is 14.6 Å².